The number of nitrogens with zero attached hydrogens (tertiary/aromatic N) is 3. The van der Waals surface area contributed by atoms with Crippen LogP contribution in [0.25, 0.3) is 16.9 Å². The van der Waals surface area contributed by atoms with Gasteiger partial charge in [0.05, 0.1) is 24.4 Å². The lowest BCUT2D eigenvalue weighted by Crippen LogP contribution is -2.22. The average Bonchev–Trinajstić information content (AvgIpc) is 3.33. The topological polar surface area (TPSA) is 86.1 Å². The van der Waals surface area contributed by atoms with Gasteiger partial charge in [-0.25, -0.2) is 14.5 Å². The SMILES string of the molecule is COC(=O)c1ccnc(-n2cc(C(=O)NCc3ccc(-c4ccccc4)cc3)cn2)c1. The Hall–Kier alpha value is -4.26. The molecule has 0 spiro atoms. The van der Waals surface area contributed by atoms with E-state index in [-0.39, 0.29) is 5.91 Å². The first-order chi connectivity index (χ1) is 15.1. The van der Waals surface area contributed by atoms with Gasteiger partial charge in [-0.3, -0.25) is 4.79 Å². The summed E-state index contributed by atoms with van der Waals surface area (Å²) in [5.41, 5.74) is 4.01. The van der Waals surface area contributed by atoms with Crippen molar-refractivity contribution in [2.24, 2.45) is 0 Å². The molecule has 0 fully saturated rings. The minimum Gasteiger partial charge on any atom is -0.465 e. The summed E-state index contributed by atoms with van der Waals surface area (Å²) in [5, 5.41) is 7.07. The molecule has 0 aliphatic rings. The van der Waals surface area contributed by atoms with Crippen molar-refractivity contribution < 1.29 is 14.3 Å². The van der Waals surface area contributed by atoms with Crippen molar-refractivity contribution in [2.45, 2.75) is 6.54 Å². The molecule has 0 atom stereocenters. The third-order valence-electron chi connectivity index (χ3n) is 4.76. The summed E-state index contributed by atoms with van der Waals surface area (Å²) in [7, 11) is 1.31. The molecule has 7 heteroatoms. The van der Waals surface area contributed by atoms with Gasteiger partial charge in [0.25, 0.3) is 5.91 Å². The Bertz CT molecular complexity index is 1200. The molecule has 154 valence electrons. The minimum atomic E-state index is -0.466. The van der Waals surface area contributed by atoms with Gasteiger partial charge in [-0.05, 0) is 28.8 Å². The third-order valence-corrected chi connectivity index (χ3v) is 4.76. The van der Waals surface area contributed by atoms with Crippen molar-refractivity contribution in [1.29, 1.82) is 0 Å². The van der Waals surface area contributed by atoms with Crippen molar-refractivity contribution in [3.8, 4) is 16.9 Å². The highest BCUT2D eigenvalue weighted by Gasteiger charge is 2.12. The Kier molecular flexibility index (Phi) is 5.84. The first-order valence-electron chi connectivity index (χ1n) is 9.66. The molecule has 1 amide bonds. The number of pyridine rings is 1. The molecule has 2 heterocycles. The average molecular weight is 412 g/mol. The maximum atomic E-state index is 12.5. The van der Waals surface area contributed by atoms with Gasteiger partial charge in [-0.15, -0.1) is 0 Å². The molecule has 0 saturated heterocycles. The molecule has 1 N–H and O–H groups in total. The van der Waals surface area contributed by atoms with E-state index < -0.39 is 5.97 Å². The quantitative estimate of drug-likeness (QED) is 0.489. The molecule has 0 bridgehead atoms. The summed E-state index contributed by atoms with van der Waals surface area (Å²) >= 11 is 0. The molecular weight excluding hydrogens is 392 g/mol. The molecular formula is C24H20N4O3. The number of esters is 1. The van der Waals surface area contributed by atoms with Crippen LogP contribution in [0.15, 0.2) is 85.3 Å². The van der Waals surface area contributed by atoms with Gasteiger partial charge in [0.15, 0.2) is 5.82 Å². The largest absolute Gasteiger partial charge is 0.465 e. The summed E-state index contributed by atoms with van der Waals surface area (Å²) in [4.78, 5) is 28.4. The molecule has 4 aromatic rings. The molecule has 0 aliphatic heterocycles. The number of nitrogens with one attached hydrogen (secondary N) is 1. The highest BCUT2D eigenvalue weighted by Crippen LogP contribution is 2.19. The van der Waals surface area contributed by atoms with Crippen molar-refractivity contribution in [2.75, 3.05) is 7.11 Å². The van der Waals surface area contributed by atoms with E-state index in [1.165, 1.54) is 24.2 Å². The maximum absolute atomic E-state index is 12.5. The zero-order valence-corrected chi connectivity index (χ0v) is 16.9. The number of hydrogen-bond acceptors (Lipinski definition) is 5. The second-order valence-corrected chi connectivity index (χ2v) is 6.81. The standard InChI is InChI=1S/C24H20N4O3/c1-31-24(30)20-11-12-25-22(13-20)28-16-21(15-27-28)23(29)26-14-17-7-9-19(10-8-17)18-5-3-2-4-6-18/h2-13,15-16H,14H2,1H3,(H,26,29). The second kappa shape index (κ2) is 9.04. The first kappa shape index (κ1) is 20.0. The Labute approximate surface area is 179 Å². The van der Waals surface area contributed by atoms with Crippen LogP contribution >= 0.6 is 0 Å². The summed E-state index contributed by atoms with van der Waals surface area (Å²) in [6.07, 6.45) is 4.51. The van der Waals surface area contributed by atoms with E-state index in [4.69, 9.17) is 4.74 Å². The number of carbonyl (C=O) groups is 2. The molecule has 0 unspecified atom stereocenters. The number of rotatable bonds is 6. The van der Waals surface area contributed by atoms with Gasteiger partial charge >= 0.3 is 5.97 Å². The molecule has 0 aliphatic carbocycles. The van der Waals surface area contributed by atoms with E-state index in [0.29, 0.717) is 23.5 Å². The number of hydrogen-bond donors (Lipinski definition) is 1. The monoisotopic (exact) mass is 412 g/mol. The van der Waals surface area contributed by atoms with E-state index in [9.17, 15) is 9.59 Å². The van der Waals surface area contributed by atoms with E-state index in [0.717, 1.165) is 16.7 Å². The lowest BCUT2D eigenvalue weighted by atomic mass is 10.0. The summed E-state index contributed by atoms with van der Waals surface area (Å²) in [6.45, 7) is 0.398. The van der Waals surface area contributed by atoms with Crippen molar-refractivity contribution in [1.82, 2.24) is 20.1 Å². The number of carbonyl (C=O) groups excluding carboxylic acids is 2. The van der Waals surface area contributed by atoms with Crippen molar-refractivity contribution in [3.05, 3.63) is 102 Å². The maximum Gasteiger partial charge on any atom is 0.338 e. The Balaban J connectivity index is 1.40. The Morgan fingerprint density at radius 1 is 0.968 bits per heavy atom. The number of benzene rings is 2. The highest BCUT2D eigenvalue weighted by molar-refractivity contribution is 5.93. The van der Waals surface area contributed by atoms with Crippen LogP contribution in [-0.2, 0) is 11.3 Å². The predicted octanol–water partition coefficient (Wildman–Crippen LogP) is 3.65. The van der Waals surface area contributed by atoms with Crippen LogP contribution in [0.3, 0.4) is 0 Å². The molecule has 4 rings (SSSR count). The summed E-state index contributed by atoms with van der Waals surface area (Å²) in [5.74, 6) is -0.298. The molecule has 2 aromatic carbocycles. The zero-order chi connectivity index (χ0) is 21.6. The smallest absolute Gasteiger partial charge is 0.338 e. The fourth-order valence-corrected chi connectivity index (χ4v) is 3.08. The Morgan fingerprint density at radius 3 is 2.45 bits per heavy atom. The molecule has 31 heavy (non-hydrogen) atoms. The fraction of sp³-hybridized carbons (Fsp3) is 0.0833. The minimum absolute atomic E-state index is 0.248. The first-order valence-corrected chi connectivity index (χ1v) is 9.66. The van der Waals surface area contributed by atoms with Crippen LogP contribution in [0, 0.1) is 0 Å². The van der Waals surface area contributed by atoms with Crippen molar-refractivity contribution in [3.63, 3.8) is 0 Å². The van der Waals surface area contributed by atoms with Gasteiger partial charge < -0.3 is 10.1 Å². The fourth-order valence-electron chi connectivity index (χ4n) is 3.08. The van der Waals surface area contributed by atoms with Gasteiger partial charge in [-0.2, -0.15) is 5.10 Å². The van der Waals surface area contributed by atoms with Gasteiger partial charge in [0.2, 0.25) is 0 Å². The third kappa shape index (κ3) is 4.67. The van der Waals surface area contributed by atoms with Gasteiger partial charge in [0.1, 0.15) is 0 Å². The summed E-state index contributed by atoms with van der Waals surface area (Å²) < 4.78 is 6.16. The normalized spacial score (nSPS) is 10.5. The van der Waals surface area contributed by atoms with Gasteiger partial charge in [0, 0.05) is 18.9 Å². The molecule has 2 aromatic heterocycles. The zero-order valence-electron chi connectivity index (χ0n) is 16.9. The van der Waals surface area contributed by atoms with Crippen LogP contribution in [0.5, 0.6) is 0 Å². The highest BCUT2D eigenvalue weighted by atomic mass is 16.5. The van der Waals surface area contributed by atoms with E-state index >= 15 is 0 Å². The van der Waals surface area contributed by atoms with Crippen LogP contribution < -0.4 is 5.32 Å². The van der Waals surface area contributed by atoms with E-state index in [1.807, 2.05) is 42.5 Å². The van der Waals surface area contributed by atoms with Crippen LogP contribution in [-0.4, -0.2) is 33.8 Å². The molecule has 0 radical (unpaired) electrons. The molecule has 7 nitrogen and oxygen atoms in total. The molecule has 0 saturated carbocycles. The van der Waals surface area contributed by atoms with Gasteiger partial charge in [-0.1, -0.05) is 54.6 Å². The number of ether oxygens (including phenoxy) is 1. The van der Waals surface area contributed by atoms with Crippen LogP contribution in [0.4, 0.5) is 0 Å². The van der Waals surface area contributed by atoms with Crippen LogP contribution in [0.1, 0.15) is 26.3 Å². The lowest BCUT2D eigenvalue weighted by molar-refractivity contribution is 0.0600. The number of methoxy groups -OCH3 is 1. The summed E-state index contributed by atoms with van der Waals surface area (Å²) in [6, 6.07) is 21.3. The number of amides is 1. The van der Waals surface area contributed by atoms with Crippen molar-refractivity contribution >= 4 is 11.9 Å². The van der Waals surface area contributed by atoms with E-state index in [2.05, 4.69) is 27.5 Å². The van der Waals surface area contributed by atoms with Crippen LogP contribution in [0.2, 0.25) is 0 Å². The van der Waals surface area contributed by atoms with E-state index in [1.54, 1.807) is 18.3 Å². The second-order valence-electron chi connectivity index (χ2n) is 6.81. The number of aromatic nitrogens is 3. The Morgan fingerprint density at radius 2 is 1.71 bits per heavy atom. The predicted molar refractivity (Wildman–Crippen MR) is 116 cm³/mol. The lowest BCUT2D eigenvalue weighted by Gasteiger charge is -2.06.